The Kier molecular flexibility index (Phi) is 34.7. The first-order chi connectivity index (χ1) is 45.6. The molecule has 34 nitrogen and oxygen atoms in total. The Labute approximate surface area is 557 Å². The number of hydrogen-bond acceptors (Lipinski definition) is 28. The van der Waals surface area contributed by atoms with Crippen molar-refractivity contribution in [2.24, 2.45) is 35.5 Å². The lowest BCUT2D eigenvalue weighted by Gasteiger charge is -2.38. The molecule has 5 unspecified atom stereocenters. The van der Waals surface area contributed by atoms with Crippen LogP contribution in [0.25, 0.3) is 0 Å². The van der Waals surface area contributed by atoms with E-state index in [1.54, 1.807) is 0 Å². The topological polar surface area (TPSA) is 525 Å². The van der Waals surface area contributed by atoms with Crippen molar-refractivity contribution in [2.75, 3.05) is 65.7 Å². The molecule has 0 aromatic heterocycles. The monoisotopic (exact) mass is 1380 g/mol. The molecule has 25 atom stereocenters. The van der Waals surface area contributed by atoms with Gasteiger partial charge in [-0.15, -0.1) is 0 Å². The van der Waals surface area contributed by atoms with Crippen LogP contribution in [-0.2, 0) is 76.3 Å². The van der Waals surface area contributed by atoms with Crippen LogP contribution in [0.1, 0.15) is 119 Å². The third kappa shape index (κ3) is 23.8. The van der Waals surface area contributed by atoms with Crippen molar-refractivity contribution in [1.82, 2.24) is 31.9 Å². The minimum Gasteiger partial charge on any atom is -0.388 e. The Bertz CT molecular complexity index is 2180. The third-order valence-corrected chi connectivity index (χ3v) is 17.8. The number of ether oxygens (including phenoxy) is 8. The van der Waals surface area contributed by atoms with Crippen molar-refractivity contribution in [2.45, 2.75) is 241 Å². The first-order valence-electron chi connectivity index (χ1n) is 33.5. The molecule has 0 radical (unpaired) electrons. The van der Waals surface area contributed by atoms with Gasteiger partial charge in [-0.2, -0.15) is 0 Å². The van der Waals surface area contributed by atoms with Gasteiger partial charge in [0.05, 0.1) is 74.5 Å². The maximum atomic E-state index is 13.2. The van der Waals surface area contributed by atoms with Crippen molar-refractivity contribution in [3.05, 3.63) is 0 Å². The van der Waals surface area contributed by atoms with Gasteiger partial charge in [-0.25, -0.2) is 0 Å². The summed E-state index contributed by atoms with van der Waals surface area (Å²) in [6.07, 6.45) is -19.2. The molecule has 0 bridgehead atoms. The van der Waals surface area contributed by atoms with E-state index in [-0.39, 0.29) is 88.7 Å². The van der Waals surface area contributed by atoms with E-state index in [9.17, 15) is 99.6 Å². The number of hydrogen-bond donors (Lipinski definition) is 18. The molecule has 2 aliphatic carbocycles. The molecule has 0 spiro atoms. The highest BCUT2D eigenvalue weighted by Crippen LogP contribution is 2.50. The molecule has 6 fully saturated rings. The molecule has 6 amide bonds. The van der Waals surface area contributed by atoms with Crippen molar-refractivity contribution in [3.63, 3.8) is 0 Å². The van der Waals surface area contributed by atoms with Gasteiger partial charge in [-0.1, -0.05) is 19.3 Å². The Morgan fingerprint density at radius 2 is 0.552 bits per heavy atom. The molecular weight excluding hydrogens is 1280 g/mol. The highest BCUT2D eigenvalue weighted by atomic mass is 16.7. The highest BCUT2D eigenvalue weighted by molar-refractivity contribution is 6.04. The Morgan fingerprint density at radius 3 is 0.865 bits per heavy atom. The van der Waals surface area contributed by atoms with Crippen molar-refractivity contribution < 1.29 is 138 Å². The molecule has 2 saturated carbocycles. The van der Waals surface area contributed by atoms with Crippen LogP contribution >= 0.6 is 0 Å². The molecule has 552 valence electrons. The van der Waals surface area contributed by atoms with E-state index in [0.717, 1.165) is 12.8 Å². The van der Waals surface area contributed by atoms with Gasteiger partial charge in [0, 0.05) is 76.8 Å². The molecule has 96 heavy (non-hydrogen) atoms. The van der Waals surface area contributed by atoms with E-state index in [2.05, 4.69) is 31.9 Å². The fraction of sp³-hybridized carbons (Fsp3) is 0.871. The predicted octanol–water partition coefficient (Wildman–Crippen LogP) is -6.37. The van der Waals surface area contributed by atoms with Crippen LogP contribution in [-0.4, -0.2) is 297 Å². The van der Waals surface area contributed by atoms with E-state index in [1.807, 2.05) is 13.8 Å². The average molecular weight is 1380 g/mol. The molecule has 4 aliphatic heterocycles. The minimum absolute atomic E-state index is 0.00597. The van der Waals surface area contributed by atoms with Gasteiger partial charge in [-0.05, 0) is 73.6 Å². The zero-order valence-corrected chi connectivity index (χ0v) is 55.5. The number of nitrogens with one attached hydrogen (secondary N) is 6. The van der Waals surface area contributed by atoms with Crippen LogP contribution in [0.3, 0.4) is 0 Å². The summed E-state index contributed by atoms with van der Waals surface area (Å²) in [5, 5.41) is 136. The molecule has 0 aromatic rings. The van der Waals surface area contributed by atoms with Crippen molar-refractivity contribution in [3.8, 4) is 0 Å². The number of aliphatic hydroxyl groups excluding tert-OH is 12. The number of carbonyl (C=O) groups excluding carboxylic acids is 8. The zero-order valence-electron chi connectivity index (χ0n) is 55.5. The SMILES string of the molecule is CCNC(=O)CCCCCCC(=O)C1C(C(=O)CCCO[C@@H]2O[C@@H](C)[C@@H](O)[C@@H](O)[C@@H]2O)C1C(=O)NCCO[C@@H]1O[C@@H](C)[C@@H](O)[C@@H](O)[C@@H]1O.CCNC(=O)CCCCCNC(=O)C1C(C(=O)NCCO[C@@H]2O[C@@H](C)[C@@H](O)[C@@H](O)[C@@H]2O)C1C(=O)NCCO[C@@H]1O[C@@H](C)[C@@H](O)[C@@H](O)[C@@H]1O. The minimum atomic E-state index is -1.51. The molecule has 18 N–H and O–H groups in total. The second-order valence-electron chi connectivity index (χ2n) is 25.2. The molecule has 0 aromatic carbocycles. The standard InChI is InChI=1S/C32H54N2O14.C30H52N4O14/c1-4-33-20(37)12-8-6-5-7-10-18(35)21-22(19(36)11-9-14-45-31-28(42)26(40)24(38)16(2)47-31)23(21)30(44)34-13-15-46-32-29(43)27(41)25(39)17(3)48-32;1-4-31-16(35)8-6-5-7-9-32-26(42)17-18(27(43)33-10-12-45-29-24(40)22(38)20(36)14(2)47-29)19(17)28(44)34-11-13-46-30-25(41)23(39)21(37)15(3)48-30/h16-17,21-29,31-32,38-43H,4-15H2,1-3H3,(H,33,37)(H,34,44);14-15,17-25,29-30,36-41H,4-13H2,1-3H3,(H,31,35)(H,32,42)(H,33,43)(H,34,44)/t16-,17-,21?,22?,23?,24+,25+,26+,27+,28-,29-,31+,32+;14-,15-,17?,18?,19?,20+,21+,22+,23+,24-,25-,29+,30+/m00/s1. The molecule has 6 aliphatic rings. The van der Waals surface area contributed by atoms with Crippen LogP contribution in [0.2, 0.25) is 0 Å². The fourth-order valence-corrected chi connectivity index (χ4v) is 11.9. The van der Waals surface area contributed by atoms with E-state index in [4.69, 9.17) is 37.9 Å². The second kappa shape index (κ2) is 40.6. The first-order valence-corrected chi connectivity index (χ1v) is 33.5. The van der Waals surface area contributed by atoms with Gasteiger partial charge in [0.15, 0.2) is 25.2 Å². The Hall–Kier alpha value is -4.64. The number of Topliss-reactive ketones (excluding diaryl/α,β-unsaturated/α-hetero) is 2. The van der Waals surface area contributed by atoms with Gasteiger partial charge < -0.3 is 131 Å². The van der Waals surface area contributed by atoms with Crippen LogP contribution in [0.15, 0.2) is 0 Å². The number of unbranched alkanes of at least 4 members (excludes halogenated alkanes) is 5. The summed E-state index contributed by atoms with van der Waals surface area (Å²) < 4.78 is 43.3. The molecule has 4 heterocycles. The maximum absolute atomic E-state index is 13.2. The lowest BCUT2D eigenvalue weighted by atomic mass is 10.00. The van der Waals surface area contributed by atoms with Gasteiger partial charge >= 0.3 is 0 Å². The van der Waals surface area contributed by atoms with E-state index in [0.29, 0.717) is 64.6 Å². The van der Waals surface area contributed by atoms with Crippen LogP contribution in [0.5, 0.6) is 0 Å². The Balaban J connectivity index is 0.000000347. The van der Waals surface area contributed by atoms with Crippen LogP contribution in [0, 0.1) is 35.5 Å². The summed E-state index contributed by atoms with van der Waals surface area (Å²) in [5.41, 5.74) is 0. The molecule has 4 saturated heterocycles. The maximum Gasteiger partial charge on any atom is 0.224 e. The average Bonchev–Trinajstić information content (AvgIpc) is 1.59. The summed E-state index contributed by atoms with van der Waals surface area (Å²) in [5.74, 6) is -8.05. The van der Waals surface area contributed by atoms with Crippen molar-refractivity contribution in [1.29, 1.82) is 0 Å². The normalized spacial score (nSPS) is 36.2. The largest absolute Gasteiger partial charge is 0.388 e. The lowest BCUT2D eigenvalue weighted by molar-refractivity contribution is -0.293. The smallest absolute Gasteiger partial charge is 0.224 e. The predicted molar refractivity (Wildman–Crippen MR) is 329 cm³/mol. The van der Waals surface area contributed by atoms with Crippen LogP contribution < -0.4 is 31.9 Å². The summed E-state index contributed by atoms with van der Waals surface area (Å²) >= 11 is 0. The summed E-state index contributed by atoms with van der Waals surface area (Å²) in [7, 11) is 0. The van der Waals surface area contributed by atoms with Gasteiger partial charge in [-0.3, -0.25) is 38.4 Å². The number of ketones is 2. The second-order valence-corrected chi connectivity index (χ2v) is 25.2. The Morgan fingerprint density at radius 1 is 0.292 bits per heavy atom. The van der Waals surface area contributed by atoms with Crippen molar-refractivity contribution >= 4 is 47.0 Å². The zero-order chi connectivity index (χ0) is 71.1. The summed E-state index contributed by atoms with van der Waals surface area (Å²) in [6.45, 7) is 10.6. The lowest BCUT2D eigenvalue weighted by Crippen LogP contribution is -2.57. The molecule has 6 rings (SSSR count). The molecular formula is C62H106N6O28. The van der Waals surface area contributed by atoms with E-state index < -0.39 is 182 Å². The van der Waals surface area contributed by atoms with E-state index in [1.165, 1.54) is 27.7 Å². The van der Waals surface area contributed by atoms with Gasteiger partial charge in [0.25, 0.3) is 0 Å². The molecule has 34 heteroatoms. The number of aliphatic hydroxyl groups is 12. The number of amides is 6. The number of carbonyl (C=O) groups is 8. The van der Waals surface area contributed by atoms with E-state index >= 15 is 0 Å². The number of rotatable bonds is 38. The van der Waals surface area contributed by atoms with Crippen LogP contribution in [0.4, 0.5) is 0 Å². The van der Waals surface area contributed by atoms with Gasteiger partial charge in [0.2, 0.25) is 35.4 Å². The quantitative estimate of drug-likeness (QED) is 0.0256. The third-order valence-electron chi connectivity index (χ3n) is 17.8. The summed E-state index contributed by atoms with van der Waals surface area (Å²) in [4.78, 5) is 102. The fourth-order valence-electron chi connectivity index (χ4n) is 11.9. The first kappa shape index (κ1) is 82.0. The summed E-state index contributed by atoms with van der Waals surface area (Å²) in [6, 6.07) is 0. The highest BCUT2D eigenvalue weighted by Gasteiger charge is 2.63. The van der Waals surface area contributed by atoms with Gasteiger partial charge in [0.1, 0.15) is 84.8 Å².